The molecule has 1 rings (SSSR count). The van der Waals surface area contributed by atoms with Gasteiger partial charge in [-0.2, -0.15) is 0 Å². The van der Waals surface area contributed by atoms with E-state index in [1.165, 1.54) is 0 Å². The monoisotopic (exact) mass is 251 g/mol. The summed E-state index contributed by atoms with van der Waals surface area (Å²) in [7, 11) is 3.44. The molecule has 0 saturated carbocycles. The predicted octanol–water partition coefficient (Wildman–Crippen LogP) is 1.62. The van der Waals surface area contributed by atoms with Crippen LogP contribution in [-0.2, 0) is 4.74 Å². The van der Waals surface area contributed by atoms with Crippen molar-refractivity contribution in [1.29, 1.82) is 0 Å². The second kappa shape index (κ2) is 6.96. The first-order valence-electron chi connectivity index (χ1n) is 6.03. The van der Waals surface area contributed by atoms with Crippen molar-refractivity contribution >= 4 is 11.6 Å². The Hall–Kier alpha value is -1.62. The molecule has 1 aromatic rings. The van der Waals surface area contributed by atoms with Crippen molar-refractivity contribution in [2.24, 2.45) is 0 Å². The molecule has 1 amide bonds. The van der Waals surface area contributed by atoms with Crippen LogP contribution in [0.3, 0.4) is 0 Å². The number of nitrogens with zero attached hydrogens (tertiary/aromatic N) is 2. The number of hydrogen-bond donors (Lipinski definition) is 1. The molecule has 1 aromatic heterocycles. The molecule has 0 bridgehead atoms. The average Bonchev–Trinajstić information content (AvgIpc) is 2.38. The van der Waals surface area contributed by atoms with Crippen LogP contribution in [-0.4, -0.2) is 49.1 Å². The number of nitrogens with one attached hydrogen (secondary N) is 1. The second-order valence-electron chi connectivity index (χ2n) is 4.27. The first kappa shape index (κ1) is 14.4. The molecule has 0 unspecified atom stereocenters. The zero-order valence-electron chi connectivity index (χ0n) is 11.4. The standard InChI is InChI=1S/C13H21N3O2/c1-10(2)16(7-8-18-4)13(17)12-6-5-11(14-3)9-15-12/h5-6,9-10,14H,7-8H2,1-4H3. The Kier molecular flexibility index (Phi) is 5.58. The van der Waals surface area contributed by atoms with Gasteiger partial charge in [0.25, 0.3) is 5.91 Å². The molecule has 5 heteroatoms. The highest BCUT2D eigenvalue weighted by molar-refractivity contribution is 5.92. The van der Waals surface area contributed by atoms with E-state index >= 15 is 0 Å². The Balaban J connectivity index is 2.80. The summed E-state index contributed by atoms with van der Waals surface area (Å²) in [6, 6.07) is 3.70. The van der Waals surface area contributed by atoms with Crippen LogP contribution in [0.25, 0.3) is 0 Å². The molecule has 0 spiro atoms. The van der Waals surface area contributed by atoms with Crippen molar-refractivity contribution in [3.63, 3.8) is 0 Å². The molecule has 0 saturated heterocycles. The van der Waals surface area contributed by atoms with Crippen molar-refractivity contribution < 1.29 is 9.53 Å². The highest BCUT2D eigenvalue weighted by Crippen LogP contribution is 2.09. The summed E-state index contributed by atoms with van der Waals surface area (Å²) in [5.41, 5.74) is 1.35. The van der Waals surface area contributed by atoms with Gasteiger partial charge in [0.15, 0.2) is 0 Å². The van der Waals surface area contributed by atoms with Gasteiger partial charge in [0.2, 0.25) is 0 Å². The van der Waals surface area contributed by atoms with Crippen LogP contribution < -0.4 is 5.32 Å². The third kappa shape index (κ3) is 3.70. The fraction of sp³-hybridized carbons (Fsp3) is 0.538. The van der Waals surface area contributed by atoms with E-state index in [4.69, 9.17) is 4.74 Å². The molecular weight excluding hydrogens is 230 g/mol. The second-order valence-corrected chi connectivity index (χ2v) is 4.27. The van der Waals surface area contributed by atoms with E-state index < -0.39 is 0 Å². The minimum Gasteiger partial charge on any atom is -0.387 e. The number of pyridine rings is 1. The summed E-state index contributed by atoms with van der Waals surface area (Å²) in [6.45, 7) is 5.06. The number of aromatic nitrogens is 1. The van der Waals surface area contributed by atoms with Crippen LogP contribution in [0, 0.1) is 0 Å². The number of ether oxygens (including phenoxy) is 1. The zero-order chi connectivity index (χ0) is 13.5. The van der Waals surface area contributed by atoms with Gasteiger partial charge in [0.1, 0.15) is 5.69 Å². The molecular formula is C13H21N3O2. The Morgan fingerprint density at radius 3 is 2.67 bits per heavy atom. The third-order valence-electron chi connectivity index (χ3n) is 2.69. The normalized spacial score (nSPS) is 10.5. The van der Waals surface area contributed by atoms with E-state index in [0.717, 1.165) is 5.69 Å². The Morgan fingerprint density at radius 2 is 2.22 bits per heavy atom. The minimum atomic E-state index is -0.0651. The number of carbonyl (C=O) groups excluding carboxylic acids is 1. The molecule has 18 heavy (non-hydrogen) atoms. The summed E-state index contributed by atoms with van der Waals surface area (Å²) in [5, 5.41) is 2.97. The van der Waals surface area contributed by atoms with Crippen LogP contribution >= 0.6 is 0 Å². The third-order valence-corrected chi connectivity index (χ3v) is 2.69. The topological polar surface area (TPSA) is 54.5 Å². The van der Waals surface area contributed by atoms with E-state index in [1.54, 1.807) is 24.3 Å². The van der Waals surface area contributed by atoms with Gasteiger partial charge in [-0.1, -0.05) is 0 Å². The Bertz CT molecular complexity index is 376. The van der Waals surface area contributed by atoms with Crippen molar-refractivity contribution in [2.75, 3.05) is 32.6 Å². The van der Waals surface area contributed by atoms with Crippen molar-refractivity contribution in [3.8, 4) is 0 Å². The predicted molar refractivity (Wildman–Crippen MR) is 71.8 cm³/mol. The first-order valence-corrected chi connectivity index (χ1v) is 6.03. The highest BCUT2D eigenvalue weighted by Gasteiger charge is 2.19. The van der Waals surface area contributed by atoms with Gasteiger partial charge in [-0.25, -0.2) is 4.98 Å². The number of rotatable bonds is 6. The maximum atomic E-state index is 12.3. The number of methoxy groups -OCH3 is 1. The molecule has 0 aliphatic carbocycles. The van der Waals surface area contributed by atoms with Gasteiger partial charge >= 0.3 is 0 Å². The number of amides is 1. The summed E-state index contributed by atoms with van der Waals surface area (Å²) < 4.78 is 5.02. The zero-order valence-corrected chi connectivity index (χ0v) is 11.4. The molecule has 0 aliphatic rings. The molecule has 0 aromatic carbocycles. The van der Waals surface area contributed by atoms with Gasteiger partial charge in [0, 0.05) is 26.7 Å². The van der Waals surface area contributed by atoms with Crippen LogP contribution in [0.2, 0.25) is 0 Å². The largest absolute Gasteiger partial charge is 0.387 e. The summed E-state index contributed by atoms with van der Waals surface area (Å²) in [4.78, 5) is 18.2. The smallest absolute Gasteiger partial charge is 0.272 e. The van der Waals surface area contributed by atoms with Crippen LogP contribution in [0.1, 0.15) is 24.3 Å². The first-order chi connectivity index (χ1) is 8.60. The summed E-state index contributed by atoms with van der Waals surface area (Å²) >= 11 is 0. The molecule has 0 aliphatic heterocycles. The summed E-state index contributed by atoms with van der Waals surface area (Å²) in [5.74, 6) is -0.0651. The molecule has 100 valence electrons. The lowest BCUT2D eigenvalue weighted by Crippen LogP contribution is -2.39. The van der Waals surface area contributed by atoms with Gasteiger partial charge < -0.3 is 15.0 Å². The van der Waals surface area contributed by atoms with Gasteiger partial charge in [-0.05, 0) is 26.0 Å². The van der Waals surface area contributed by atoms with Crippen molar-refractivity contribution in [3.05, 3.63) is 24.0 Å². The molecule has 1 N–H and O–H groups in total. The van der Waals surface area contributed by atoms with E-state index in [-0.39, 0.29) is 11.9 Å². The van der Waals surface area contributed by atoms with E-state index in [0.29, 0.717) is 18.8 Å². The molecule has 1 heterocycles. The van der Waals surface area contributed by atoms with Gasteiger partial charge in [0.05, 0.1) is 18.5 Å². The molecule has 0 atom stereocenters. The number of carbonyl (C=O) groups is 1. The quantitative estimate of drug-likeness (QED) is 0.834. The Morgan fingerprint density at radius 1 is 1.50 bits per heavy atom. The van der Waals surface area contributed by atoms with Gasteiger partial charge in [-0.15, -0.1) is 0 Å². The fourth-order valence-electron chi connectivity index (χ4n) is 1.60. The van der Waals surface area contributed by atoms with E-state index in [1.807, 2.05) is 27.0 Å². The number of hydrogen-bond acceptors (Lipinski definition) is 4. The SMILES string of the molecule is CNc1ccc(C(=O)N(CCOC)C(C)C)nc1. The fourth-order valence-corrected chi connectivity index (χ4v) is 1.60. The molecule has 0 radical (unpaired) electrons. The van der Waals surface area contributed by atoms with Gasteiger partial charge in [-0.3, -0.25) is 4.79 Å². The highest BCUT2D eigenvalue weighted by atomic mass is 16.5. The van der Waals surface area contributed by atoms with Crippen LogP contribution in [0.4, 0.5) is 5.69 Å². The lowest BCUT2D eigenvalue weighted by Gasteiger charge is -2.26. The average molecular weight is 251 g/mol. The van der Waals surface area contributed by atoms with Crippen molar-refractivity contribution in [1.82, 2.24) is 9.88 Å². The van der Waals surface area contributed by atoms with Crippen LogP contribution in [0.5, 0.6) is 0 Å². The lowest BCUT2D eigenvalue weighted by atomic mass is 10.2. The lowest BCUT2D eigenvalue weighted by molar-refractivity contribution is 0.0629. The van der Waals surface area contributed by atoms with E-state index in [9.17, 15) is 4.79 Å². The van der Waals surface area contributed by atoms with E-state index in [2.05, 4.69) is 10.3 Å². The molecule has 5 nitrogen and oxygen atoms in total. The number of anilines is 1. The Labute approximate surface area is 108 Å². The van der Waals surface area contributed by atoms with Crippen LogP contribution in [0.15, 0.2) is 18.3 Å². The minimum absolute atomic E-state index is 0.0651. The molecule has 0 fully saturated rings. The maximum absolute atomic E-state index is 12.3. The summed E-state index contributed by atoms with van der Waals surface area (Å²) in [6.07, 6.45) is 1.65. The maximum Gasteiger partial charge on any atom is 0.272 e. The van der Waals surface area contributed by atoms with Crippen molar-refractivity contribution in [2.45, 2.75) is 19.9 Å².